The molecule has 268 valence electrons. The highest BCUT2D eigenvalue weighted by molar-refractivity contribution is 6.05. The van der Waals surface area contributed by atoms with Crippen LogP contribution in [0.25, 0.3) is 0 Å². The van der Waals surface area contributed by atoms with Gasteiger partial charge in [-0.2, -0.15) is 0 Å². The molecule has 5 rings (SSSR count). The molecule has 2 aromatic rings. The summed E-state index contributed by atoms with van der Waals surface area (Å²) in [6, 6.07) is 13.8. The number of allylic oxidation sites excluding steroid dienone is 1. The Morgan fingerprint density at radius 1 is 1.12 bits per heavy atom. The lowest BCUT2D eigenvalue weighted by Gasteiger charge is -2.39. The van der Waals surface area contributed by atoms with E-state index in [-0.39, 0.29) is 43.9 Å². The van der Waals surface area contributed by atoms with Crippen LogP contribution in [0.4, 0.5) is 5.69 Å². The Bertz CT molecular complexity index is 1550. The molecule has 0 saturated carbocycles. The first-order valence-corrected chi connectivity index (χ1v) is 17.4. The SMILES string of the molecule is C=CCCC(=O)OC[C@H](NC(=O)[C@@H]1[C@H]2C(=O)N([C@@H](CO)CC(C)C)[C@H](C(=O)N(CC=C)c3ccc(OC)cc3)[C@]23CC[C@H]1O3)c1ccccc1. The van der Waals surface area contributed by atoms with E-state index in [0.29, 0.717) is 37.1 Å². The normalized spacial score (nSPS) is 24.7. The number of carbonyl (C=O) groups excluding carboxylic acids is 4. The number of carbonyl (C=O) groups is 4. The van der Waals surface area contributed by atoms with E-state index in [1.165, 1.54) is 4.90 Å². The Morgan fingerprint density at radius 2 is 1.84 bits per heavy atom. The number of esters is 1. The van der Waals surface area contributed by atoms with Crippen molar-refractivity contribution >= 4 is 29.4 Å². The molecule has 7 atom stereocenters. The molecule has 0 aromatic heterocycles. The maximum atomic E-state index is 14.9. The van der Waals surface area contributed by atoms with E-state index < -0.39 is 53.5 Å². The Balaban J connectivity index is 1.50. The molecular formula is C39H49N3O8. The van der Waals surface area contributed by atoms with Crippen LogP contribution in [0.15, 0.2) is 79.9 Å². The van der Waals surface area contributed by atoms with Crippen molar-refractivity contribution in [3.05, 3.63) is 85.5 Å². The quantitative estimate of drug-likeness (QED) is 0.185. The average molecular weight is 688 g/mol. The number of aliphatic hydroxyl groups excluding tert-OH is 1. The lowest BCUT2D eigenvalue weighted by atomic mass is 9.70. The maximum Gasteiger partial charge on any atom is 0.306 e. The first-order chi connectivity index (χ1) is 24.1. The molecule has 2 N–H and O–H groups in total. The van der Waals surface area contributed by atoms with Gasteiger partial charge < -0.3 is 34.4 Å². The van der Waals surface area contributed by atoms with Gasteiger partial charge in [0.25, 0.3) is 5.91 Å². The highest BCUT2D eigenvalue weighted by Gasteiger charge is 2.75. The molecule has 2 aromatic carbocycles. The fourth-order valence-corrected chi connectivity index (χ4v) is 7.89. The second-order valence-corrected chi connectivity index (χ2v) is 13.7. The summed E-state index contributed by atoms with van der Waals surface area (Å²) >= 11 is 0. The number of hydrogen-bond donors (Lipinski definition) is 2. The van der Waals surface area contributed by atoms with Crippen molar-refractivity contribution in [3.8, 4) is 5.75 Å². The molecule has 2 bridgehead atoms. The van der Waals surface area contributed by atoms with Crippen LogP contribution in [0, 0.1) is 17.8 Å². The van der Waals surface area contributed by atoms with E-state index in [9.17, 15) is 24.3 Å². The van der Waals surface area contributed by atoms with Crippen LogP contribution < -0.4 is 15.0 Å². The lowest BCUT2D eigenvalue weighted by molar-refractivity contribution is -0.146. The lowest BCUT2D eigenvalue weighted by Crippen LogP contribution is -2.59. The molecular weight excluding hydrogens is 638 g/mol. The number of nitrogens with one attached hydrogen (secondary N) is 1. The average Bonchev–Trinajstić information content (AvgIpc) is 3.77. The van der Waals surface area contributed by atoms with E-state index in [4.69, 9.17) is 14.2 Å². The molecule has 3 saturated heterocycles. The van der Waals surface area contributed by atoms with Crippen molar-refractivity contribution < 1.29 is 38.5 Å². The summed E-state index contributed by atoms with van der Waals surface area (Å²) in [6.45, 7) is 11.2. The molecule has 0 unspecified atom stereocenters. The van der Waals surface area contributed by atoms with Gasteiger partial charge in [-0.05, 0) is 61.4 Å². The predicted molar refractivity (Wildman–Crippen MR) is 188 cm³/mol. The minimum Gasteiger partial charge on any atom is -0.497 e. The molecule has 3 aliphatic rings. The molecule has 0 radical (unpaired) electrons. The number of hydrogen-bond acceptors (Lipinski definition) is 8. The van der Waals surface area contributed by atoms with E-state index in [1.807, 2.05) is 44.2 Å². The first-order valence-electron chi connectivity index (χ1n) is 17.4. The van der Waals surface area contributed by atoms with Crippen molar-refractivity contribution in [1.29, 1.82) is 0 Å². The van der Waals surface area contributed by atoms with Crippen molar-refractivity contribution in [3.63, 3.8) is 0 Å². The Kier molecular flexibility index (Phi) is 11.8. The zero-order chi connectivity index (χ0) is 36.0. The molecule has 0 aliphatic carbocycles. The summed E-state index contributed by atoms with van der Waals surface area (Å²) in [5, 5.41) is 13.7. The smallest absolute Gasteiger partial charge is 0.306 e. The van der Waals surface area contributed by atoms with Gasteiger partial charge in [-0.1, -0.05) is 56.3 Å². The first kappa shape index (κ1) is 36.8. The van der Waals surface area contributed by atoms with Crippen LogP contribution in [0.5, 0.6) is 5.75 Å². The number of anilines is 1. The number of fused-ring (bicyclic) bond motifs is 1. The molecule has 11 heteroatoms. The number of aliphatic hydroxyl groups is 1. The predicted octanol–water partition coefficient (Wildman–Crippen LogP) is 4.36. The van der Waals surface area contributed by atoms with Crippen LogP contribution >= 0.6 is 0 Å². The van der Waals surface area contributed by atoms with Crippen molar-refractivity contribution in [2.75, 3.05) is 31.8 Å². The summed E-state index contributed by atoms with van der Waals surface area (Å²) in [5.74, 6) is -2.70. The van der Waals surface area contributed by atoms with Gasteiger partial charge in [0.1, 0.15) is 24.0 Å². The van der Waals surface area contributed by atoms with E-state index in [2.05, 4.69) is 18.5 Å². The molecule has 11 nitrogen and oxygen atoms in total. The largest absolute Gasteiger partial charge is 0.497 e. The second kappa shape index (κ2) is 16.0. The zero-order valence-corrected chi connectivity index (χ0v) is 29.2. The summed E-state index contributed by atoms with van der Waals surface area (Å²) in [7, 11) is 1.56. The molecule has 3 amide bonds. The van der Waals surface area contributed by atoms with Gasteiger partial charge in [0.2, 0.25) is 11.8 Å². The van der Waals surface area contributed by atoms with Gasteiger partial charge in [0, 0.05) is 18.7 Å². The zero-order valence-electron chi connectivity index (χ0n) is 29.2. The van der Waals surface area contributed by atoms with Crippen LogP contribution in [0.3, 0.4) is 0 Å². The van der Waals surface area contributed by atoms with Crippen LogP contribution in [0.1, 0.15) is 57.6 Å². The number of benzene rings is 2. The number of rotatable bonds is 17. The van der Waals surface area contributed by atoms with E-state index >= 15 is 0 Å². The van der Waals surface area contributed by atoms with Crippen molar-refractivity contribution in [2.24, 2.45) is 17.8 Å². The Hall–Kier alpha value is -4.48. The number of nitrogens with zero attached hydrogens (tertiary/aromatic N) is 2. The van der Waals surface area contributed by atoms with E-state index in [1.54, 1.807) is 48.4 Å². The molecule has 50 heavy (non-hydrogen) atoms. The van der Waals surface area contributed by atoms with Gasteiger partial charge in [-0.3, -0.25) is 19.2 Å². The maximum absolute atomic E-state index is 14.9. The molecule has 3 aliphatic heterocycles. The van der Waals surface area contributed by atoms with Crippen molar-refractivity contribution in [2.45, 2.75) is 75.8 Å². The van der Waals surface area contributed by atoms with Gasteiger partial charge >= 0.3 is 5.97 Å². The highest BCUT2D eigenvalue weighted by Crippen LogP contribution is 2.59. The third-order valence-corrected chi connectivity index (χ3v) is 10.1. The van der Waals surface area contributed by atoms with Gasteiger partial charge in [-0.25, -0.2) is 0 Å². The number of likely N-dealkylation sites (tertiary alicyclic amines) is 1. The third-order valence-electron chi connectivity index (χ3n) is 10.1. The fraction of sp³-hybridized carbons (Fsp3) is 0.487. The third kappa shape index (κ3) is 7.20. The van der Waals surface area contributed by atoms with E-state index in [0.717, 1.165) is 5.56 Å². The summed E-state index contributed by atoms with van der Waals surface area (Å²) < 4.78 is 17.6. The monoisotopic (exact) mass is 687 g/mol. The topological polar surface area (TPSA) is 135 Å². The van der Waals surface area contributed by atoms with Crippen LogP contribution in [-0.2, 0) is 28.7 Å². The second-order valence-electron chi connectivity index (χ2n) is 13.7. The Labute approximate surface area is 294 Å². The van der Waals surface area contributed by atoms with Crippen molar-refractivity contribution in [1.82, 2.24) is 10.2 Å². The van der Waals surface area contributed by atoms with Crippen LogP contribution in [-0.4, -0.2) is 84.4 Å². The van der Waals surface area contributed by atoms with Gasteiger partial charge in [-0.15, -0.1) is 13.2 Å². The van der Waals surface area contributed by atoms with Crippen LogP contribution in [0.2, 0.25) is 0 Å². The summed E-state index contributed by atoms with van der Waals surface area (Å²) in [4.78, 5) is 59.4. The molecule has 1 spiro atoms. The fourth-order valence-electron chi connectivity index (χ4n) is 7.89. The minimum atomic E-state index is -1.28. The highest BCUT2D eigenvalue weighted by atomic mass is 16.5. The number of ether oxygens (including phenoxy) is 3. The Morgan fingerprint density at radius 3 is 2.46 bits per heavy atom. The molecule has 3 heterocycles. The number of amides is 3. The summed E-state index contributed by atoms with van der Waals surface area (Å²) in [5.41, 5.74) is 0.0410. The summed E-state index contributed by atoms with van der Waals surface area (Å²) in [6.07, 6.45) is 4.63. The molecule has 3 fully saturated rings. The van der Waals surface area contributed by atoms with Gasteiger partial charge in [0.15, 0.2) is 0 Å². The standard InChI is InChI=1S/C39H49N3O8/c1-6-8-14-32(44)49-24-30(26-12-10-9-11-13-26)40-36(45)33-31-19-20-39(50-31)34(33)37(46)42(28(23-43)22-25(3)4)35(39)38(47)41(21-7-2)27-15-17-29(48-5)18-16-27/h6-7,9-13,15-18,25,28,30-31,33-35,43H,1-2,8,14,19-24H2,3-5H3,(H,40,45)/t28-,30+,31-,33+,34+,35-,39+/m1/s1. The number of methoxy groups -OCH3 is 1. The minimum absolute atomic E-state index is 0.0969. The van der Waals surface area contributed by atoms with Gasteiger partial charge in [0.05, 0.1) is 43.7 Å².